The number of rotatable bonds is 2. The minimum absolute atomic E-state index is 0.0254. The molecule has 1 aliphatic rings. The lowest BCUT2D eigenvalue weighted by Gasteiger charge is -2.32. The van der Waals surface area contributed by atoms with E-state index in [1.54, 1.807) is 0 Å². The zero-order chi connectivity index (χ0) is 10.4. The van der Waals surface area contributed by atoms with E-state index in [0.29, 0.717) is 0 Å². The first-order valence-corrected chi connectivity index (χ1v) is 7.11. The molecule has 0 aromatic rings. The fourth-order valence-corrected chi connectivity index (χ4v) is 4.69. The third-order valence-electron chi connectivity index (χ3n) is 1.98. The van der Waals surface area contributed by atoms with Gasteiger partial charge in [-0.15, -0.1) is 29.4 Å². The van der Waals surface area contributed by atoms with E-state index in [1.807, 2.05) is 30.4 Å². The summed E-state index contributed by atoms with van der Waals surface area (Å²) in [6.07, 6.45) is 2.71. The van der Waals surface area contributed by atoms with Crippen LogP contribution in [0.2, 0.25) is 0 Å². The molecule has 0 radical (unpaired) electrons. The standard InChI is InChI=1S/C11H18OS2/c1-3-4-6-11(9-10(2)12)13-7-5-8-14-11/h10,12H,3,5,7-9H2,1-2H3/t10-/m1/s1. The summed E-state index contributed by atoms with van der Waals surface area (Å²) in [5.74, 6) is 8.85. The Bertz CT molecular complexity index is 221. The molecule has 14 heavy (non-hydrogen) atoms. The summed E-state index contributed by atoms with van der Waals surface area (Å²) < 4.78 is -0.0254. The van der Waals surface area contributed by atoms with E-state index in [9.17, 15) is 5.11 Å². The molecule has 80 valence electrons. The maximum atomic E-state index is 9.47. The van der Waals surface area contributed by atoms with Crippen LogP contribution in [0.15, 0.2) is 0 Å². The second kappa shape index (κ2) is 5.95. The van der Waals surface area contributed by atoms with E-state index in [4.69, 9.17) is 0 Å². The third kappa shape index (κ3) is 3.76. The highest BCUT2D eigenvalue weighted by Crippen LogP contribution is 2.44. The molecule has 1 heterocycles. The van der Waals surface area contributed by atoms with Gasteiger partial charge in [-0.05, 0) is 24.9 Å². The molecular formula is C11H18OS2. The highest BCUT2D eigenvalue weighted by atomic mass is 32.2. The van der Waals surface area contributed by atoms with Crippen LogP contribution in [-0.4, -0.2) is 26.8 Å². The molecule has 0 bridgehead atoms. The average Bonchev–Trinajstić information content (AvgIpc) is 2.15. The fraction of sp³-hybridized carbons (Fsp3) is 0.818. The van der Waals surface area contributed by atoms with Crippen molar-refractivity contribution < 1.29 is 5.11 Å². The molecule has 0 saturated carbocycles. The number of thioether (sulfide) groups is 2. The predicted octanol–water partition coefficient (Wildman–Crippen LogP) is 2.74. The molecule has 0 aromatic carbocycles. The van der Waals surface area contributed by atoms with E-state index in [0.717, 1.165) is 12.8 Å². The molecule has 0 aliphatic carbocycles. The van der Waals surface area contributed by atoms with Gasteiger partial charge in [-0.3, -0.25) is 0 Å². The van der Waals surface area contributed by atoms with Crippen LogP contribution < -0.4 is 0 Å². The second-order valence-electron chi connectivity index (χ2n) is 3.51. The smallest absolute Gasteiger partial charge is 0.124 e. The lowest BCUT2D eigenvalue weighted by Crippen LogP contribution is -2.27. The summed E-state index contributed by atoms with van der Waals surface area (Å²) in [5.41, 5.74) is 0. The van der Waals surface area contributed by atoms with Crippen molar-refractivity contribution >= 4 is 23.5 Å². The Balaban J connectivity index is 2.66. The Hall–Kier alpha value is 0.220. The summed E-state index contributed by atoms with van der Waals surface area (Å²) in [6, 6.07) is 0. The lowest BCUT2D eigenvalue weighted by molar-refractivity contribution is 0.185. The lowest BCUT2D eigenvalue weighted by atomic mass is 10.2. The zero-order valence-electron chi connectivity index (χ0n) is 8.88. The summed E-state index contributed by atoms with van der Waals surface area (Å²) >= 11 is 3.82. The summed E-state index contributed by atoms with van der Waals surface area (Å²) in [4.78, 5) is 0. The van der Waals surface area contributed by atoms with Gasteiger partial charge in [-0.1, -0.05) is 12.8 Å². The molecule has 0 amide bonds. The highest BCUT2D eigenvalue weighted by Gasteiger charge is 2.32. The molecule has 1 N–H and O–H groups in total. The maximum absolute atomic E-state index is 9.47. The molecule has 1 fully saturated rings. The minimum Gasteiger partial charge on any atom is -0.393 e. The van der Waals surface area contributed by atoms with Gasteiger partial charge < -0.3 is 5.11 Å². The van der Waals surface area contributed by atoms with Crippen molar-refractivity contribution in [1.29, 1.82) is 0 Å². The van der Waals surface area contributed by atoms with Gasteiger partial charge >= 0.3 is 0 Å². The van der Waals surface area contributed by atoms with E-state index in [2.05, 4.69) is 18.8 Å². The van der Waals surface area contributed by atoms with Crippen LogP contribution in [0.4, 0.5) is 0 Å². The number of hydrogen-bond donors (Lipinski definition) is 1. The van der Waals surface area contributed by atoms with Crippen molar-refractivity contribution in [3.63, 3.8) is 0 Å². The van der Waals surface area contributed by atoms with Gasteiger partial charge in [0.1, 0.15) is 4.08 Å². The quantitative estimate of drug-likeness (QED) is 0.737. The number of aliphatic hydroxyl groups excluding tert-OH is 1. The minimum atomic E-state index is -0.251. The van der Waals surface area contributed by atoms with Crippen molar-refractivity contribution in [2.45, 2.75) is 43.3 Å². The maximum Gasteiger partial charge on any atom is 0.124 e. The van der Waals surface area contributed by atoms with Crippen molar-refractivity contribution in [3.05, 3.63) is 0 Å². The van der Waals surface area contributed by atoms with Crippen LogP contribution in [-0.2, 0) is 0 Å². The van der Waals surface area contributed by atoms with Gasteiger partial charge in [0.15, 0.2) is 0 Å². The molecule has 1 atom stereocenters. The zero-order valence-corrected chi connectivity index (χ0v) is 10.5. The molecule has 3 heteroatoms. The fourth-order valence-electron chi connectivity index (χ4n) is 1.43. The highest BCUT2D eigenvalue weighted by molar-refractivity contribution is 8.19. The van der Waals surface area contributed by atoms with E-state index in [1.165, 1.54) is 17.9 Å². The first-order chi connectivity index (χ1) is 6.68. The van der Waals surface area contributed by atoms with Crippen LogP contribution in [0.1, 0.15) is 33.1 Å². The normalized spacial score (nSPS) is 22.2. The van der Waals surface area contributed by atoms with Crippen LogP contribution in [0.5, 0.6) is 0 Å². The Kier molecular flexibility index (Phi) is 5.22. The molecule has 1 rings (SSSR count). The first-order valence-electron chi connectivity index (χ1n) is 5.14. The SMILES string of the molecule is CCC#CC1(C[C@@H](C)O)SCCCS1. The Morgan fingerprint density at radius 2 is 2.07 bits per heavy atom. The molecule has 1 nitrogen and oxygen atoms in total. The third-order valence-corrected chi connectivity index (χ3v) is 5.14. The Labute approximate surface area is 95.4 Å². The van der Waals surface area contributed by atoms with Gasteiger partial charge in [0, 0.05) is 12.8 Å². The van der Waals surface area contributed by atoms with E-state index < -0.39 is 0 Å². The number of hydrogen-bond acceptors (Lipinski definition) is 3. The average molecular weight is 230 g/mol. The molecule has 1 saturated heterocycles. The predicted molar refractivity (Wildman–Crippen MR) is 66.6 cm³/mol. The van der Waals surface area contributed by atoms with Gasteiger partial charge in [0.05, 0.1) is 6.10 Å². The molecule has 0 unspecified atom stereocenters. The van der Waals surface area contributed by atoms with E-state index >= 15 is 0 Å². The molecular weight excluding hydrogens is 212 g/mol. The molecule has 0 aromatic heterocycles. The van der Waals surface area contributed by atoms with Crippen molar-refractivity contribution in [2.75, 3.05) is 11.5 Å². The van der Waals surface area contributed by atoms with Crippen molar-refractivity contribution in [3.8, 4) is 11.8 Å². The van der Waals surface area contributed by atoms with Gasteiger partial charge in [0.25, 0.3) is 0 Å². The largest absolute Gasteiger partial charge is 0.393 e. The van der Waals surface area contributed by atoms with Crippen LogP contribution in [0.25, 0.3) is 0 Å². The topological polar surface area (TPSA) is 20.2 Å². The molecule has 1 aliphatic heterocycles. The van der Waals surface area contributed by atoms with Gasteiger partial charge in [0.2, 0.25) is 0 Å². The number of aliphatic hydroxyl groups is 1. The van der Waals surface area contributed by atoms with Gasteiger partial charge in [-0.25, -0.2) is 0 Å². The summed E-state index contributed by atoms with van der Waals surface area (Å²) in [7, 11) is 0. The summed E-state index contributed by atoms with van der Waals surface area (Å²) in [6.45, 7) is 3.92. The van der Waals surface area contributed by atoms with Crippen molar-refractivity contribution in [1.82, 2.24) is 0 Å². The summed E-state index contributed by atoms with van der Waals surface area (Å²) in [5, 5.41) is 9.47. The first kappa shape index (κ1) is 12.3. The second-order valence-corrected chi connectivity index (χ2v) is 6.56. The van der Waals surface area contributed by atoms with Gasteiger partial charge in [-0.2, -0.15) is 0 Å². The monoisotopic (exact) mass is 230 g/mol. The van der Waals surface area contributed by atoms with Crippen molar-refractivity contribution in [2.24, 2.45) is 0 Å². The van der Waals surface area contributed by atoms with Crippen LogP contribution in [0, 0.1) is 11.8 Å². The molecule has 0 spiro atoms. The van der Waals surface area contributed by atoms with Crippen LogP contribution >= 0.6 is 23.5 Å². The van der Waals surface area contributed by atoms with E-state index in [-0.39, 0.29) is 10.2 Å². The van der Waals surface area contributed by atoms with Crippen LogP contribution in [0.3, 0.4) is 0 Å². The Morgan fingerprint density at radius 3 is 2.57 bits per heavy atom. The Morgan fingerprint density at radius 1 is 1.43 bits per heavy atom.